The van der Waals surface area contributed by atoms with Crippen molar-refractivity contribution in [1.82, 2.24) is 0 Å². The van der Waals surface area contributed by atoms with Crippen LogP contribution in [-0.4, -0.2) is 16.3 Å². The normalized spacial score (nSPS) is 27.1. The molecule has 1 aliphatic heterocycles. The summed E-state index contributed by atoms with van der Waals surface area (Å²) in [6, 6.07) is 4.35. The van der Waals surface area contributed by atoms with Crippen molar-refractivity contribution in [1.29, 1.82) is 0 Å². The molecule has 0 spiro atoms. The van der Waals surface area contributed by atoms with E-state index in [1.54, 1.807) is 0 Å². The molecule has 2 heterocycles. The average Bonchev–Trinajstić information content (AvgIpc) is 2.62. The molecule has 2 unspecified atom stereocenters. The summed E-state index contributed by atoms with van der Waals surface area (Å²) < 4.78 is 0. The monoisotopic (exact) mass is 226 g/mol. The number of hydrogen-bond donors (Lipinski definition) is 0. The number of thioether (sulfide) groups is 1. The van der Waals surface area contributed by atoms with Gasteiger partial charge >= 0.3 is 0 Å². The van der Waals surface area contributed by atoms with Crippen LogP contribution in [0.1, 0.15) is 23.1 Å². The highest BCUT2D eigenvalue weighted by atomic mass is 32.2. The Morgan fingerprint density at radius 3 is 2.79 bits per heavy atom. The highest BCUT2D eigenvalue weighted by Crippen LogP contribution is 2.34. The second kappa shape index (κ2) is 4.07. The Morgan fingerprint density at radius 1 is 1.50 bits per heavy atom. The van der Waals surface area contributed by atoms with Gasteiger partial charge in [-0.1, -0.05) is 0 Å². The Hall–Kier alpha value is -0.280. The van der Waals surface area contributed by atoms with E-state index in [1.807, 2.05) is 30.0 Å². The van der Waals surface area contributed by atoms with Gasteiger partial charge in [0.15, 0.2) is 0 Å². The third-order valence-electron chi connectivity index (χ3n) is 2.50. The second-order valence-electron chi connectivity index (χ2n) is 3.79. The van der Waals surface area contributed by atoms with Crippen LogP contribution in [0.4, 0.5) is 0 Å². The van der Waals surface area contributed by atoms with Crippen LogP contribution in [0.3, 0.4) is 0 Å². The smallest absolute Gasteiger partial charge is 0.146 e. The zero-order valence-corrected chi connectivity index (χ0v) is 10.1. The zero-order valence-electron chi connectivity index (χ0n) is 8.45. The molecule has 0 N–H and O–H groups in total. The Kier molecular flexibility index (Phi) is 2.98. The van der Waals surface area contributed by atoms with Crippen LogP contribution in [0.25, 0.3) is 0 Å². The molecule has 0 aliphatic carbocycles. The number of aryl methyl sites for hydroxylation is 1. The minimum Gasteiger partial charge on any atom is -0.298 e. The molecule has 3 heteroatoms. The summed E-state index contributed by atoms with van der Waals surface area (Å²) in [5.41, 5.74) is 0. The number of thiophene rings is 1. The second-order valence-corrected chi connectivity index (χ2v) is 6.81. The lowest BCUT2D eigenvalue weighted by Gasteiger charge is -2.05. The number of carbonyl (C=O) groups excluding carboxylic acids is 1. The average molecular weight is 226 g/mol. The largest absolute Gasteiger partial charge is 0.298 e. The Balaban J connectivity index is 1.96. The summed E-state index contributed by atoms with van der Waals surface area (Å²) in [7, 11) is 0. The number of Topliss-reactive ketones (excluding diaryl/α,β-unsaturated/α-hetero) is 1. The van der Waals surface area contributed by atoms with E-state index >= 15 is 0 Å². The SMILES string of the molecule is Cc1ccc(CC2CC(=O)C(C)S2)s1. The van der Waals surface area contributed by atoms with Gasteiger partial charge in [-0.05, 0) is 32.4 Å². The maximum atomic E-state index is 11.4. The first-order valence-electron chi connectivity index (χ1n) is 4.88. The summed E-state index contributed by atoms with van der Waals surface area (Å²) >= 11 is 3.69. The lowest BCUT2D eigenvalue weighted by Crippen LogP contribution is -2.04. The van der Waals surface area contributed by atoms with E-state index in [4.69, 9.17) is 0 Å². The molecule has 14 heavy (non-hydrogen) atoms. The molecular formula is C11H14OS2. The standard InChI is InChI=1S/C11H14OS2/c1-7-3-4-9(13-7)5-10-6-11(12)8(2)14-10/h3-4,8,10H,5-6H2,1-2H3. The van der Waals surface area contributed by atoms with Gasteiger partial charge in [-0.25, -0.2) is 0 Å². The highest BCUT2D eigenvalue weighted by Gasteiger charge is 2.29. The van der Waals surface area contributed by atoms with Crippen LogP contribution >= 0.6 is 23.1 Å². The predicted molar refractivity (Wildman–Crippen MR) is 63.2 cm³/mol. The molecule has 76 valence electrons. The molecule has 0 saturated carbocycles. The summed E-state index contributed by atoms with van der Waals surface area (Å²) in [4.78, 5) is 14.1. The van der Waals surface area contributed by atoms with E-state index in [-0.39, 0.29) is 5.25 Å². The van der Waals surface area contributed by atoms with Crippen LogP contribution in [0.2, 0.25) is 0 Å². The van der Waals surface area contributed by atoms with E-state index in [2.05, 4.69) is 19.1 Å². The van der Waals surface area contributed by atoms with Gasteiger partial charge in [0.05, 0.1) is 5.25 Å². The van der Waals surface area contributed by atoms with Crippen molar-refractivity contribution in [2.45, 2.75) is 37.2 Å². The summed E-state index contributed by atoms with van der Waals surface area (Å²) in [5.74, 6) is 0.424. The van der Waals surface area contributed by atoms with Crippen molar-refractivity contribution in [2.75, 3.05) is 0 Å². The van der Waals surface area contributed by atoms with Gasteiger partial charge in [0, 0.05) is 21.4 Å². The molecule has 1 fully saturated rings. The van der Waals surface area contributed by atoms with Crippen LogP contribution < -0.4 is 0 Å². The molecular weight excluding hydrogens is 212 g/mol. The number of rotatable bonds is 2. The third kappa shape index (κ3) is 2.20. The van der Waals surface area contributed by atoms with E-state index < -0.39 is 0 Å². The first-order chi connectivity index (χ1) is 6.65. The predicted octanol–water partition coefficient (Wildman–Crippen LogP) is 3.06. The van der Waals surface area contributed by atoms with E-state index in [1.165, 1.54) is 9.75 Å². The molecule has 2 atom stereocenters. The Morgan fingerprint density at radius 2 is 2.29 bits per heavy atom. The van der Waals surface area contributed by atoms with Gasteiger partial charge in [-0.3, -0.25) is 4.79 Å². The van der Waals surface area contributed by atoms with Crippen molar-refractivity contribution in [2.24, 2.45) is 0 Å². The number of carbonyl (C=O) groups is 1. The molecule has 1 saturated heterocycles. The number of ketones is 1. The van der Waals surface area contributed by atoms with Crippen molar-refractivity contribution in [3.05, 3.63) is 21.9 Å². The lowest BCUT2D eigenvalue weighted by atomic mass is 10.1. The van der Waals surface area contributed by atoms with Crippen LogP contribution in [-0.2, 0) is 11.2 Å². The molecule has 0 amide bonds. The fourth-order valence-electron chi connectivity index (χ4n) is 1.74. The first kappa shape index (κ1) is 10.2. The maximum Gasteiger partial charge on any atom is 0.146 e. The van der Waals surface area contributed by atoms with Crippen LogP contribution in [0.15, 0.2) is 12.1 Å². The molecule has 1 aromatic rings. The lowest BCUT2D eigenvalue weighted by molar-refractivity contribution is -0.117. The fraction of sp³-hybridized carbons (Fsp3) is 0.545. The summed E-state index contributed by atoms with van der Waals surface area (Å²) in [5, 5.41) is 0.747. The molecule has 1 aliphatic rings. The van der Waals surface area contributed by atoms with Gasteiger partial charge in [0.2, 0.25) is 0 Å². The van der Waals surface area contributed by atoms with Crippen molar-refractivity contribution >= 4 is 28.9 Å². The van der Waals surface area contributed by atoms with E-state index in [9.17, 15) is 4.79 Å². The molecule has 2 rings (SSSR count). The third-order valence-corrected chi connectivity index (χ3v) is 4.92. The Bertz CT molecular complexity index is 343. The van der Waals surface area contributed by atoms with Gasteiger partial charge in [0.1, 0.15) is 5.78 Å². The Labute approximate surface area is 92.9 Å². The van der Waals surface area contributed by atoms with E-state index in [0.717, 1.165) is 12.8 Å². The first-order valence-corrected chi connectivity index (χ1v) is 6.64. The van der Waals surface area contributed by atoms with Gasteiger partial charge < -0.3 is 0 Å². The van der Waals surface area contributed by atoms with Gasteiger partial charge in [0.25, 0.3) is 0 Å². The zero-order chi connectivity index (χ0) is 10.1. The number of hydrogen-bond acceptors (Lipinski definition) is 3. The molecule has 1 aromatic heterocycles. The quantitative estimate of drug-likeness (QED) is 0.771. The molecule has 0 bridgehead atoms. The van der Waals surface area contributed by atoms with E-state index in [0.29, 0.717) is 11.0 Å². The summed E-state index contributed by atoms with van der Waals surface area (Å²) in [6.45, 7) is 4.15. The minimum atomic E-state index is 0.223. The maximum absolute atomic E-state index is 11.4. The molecule has 0 aromatic carbocycles. The fourth-order valence-corrected chi connectivity index (χ4v) is 4.18. The molecule has 0 radical (unpaired) electrons. The van der Waals surface area contributed by atoms with Crippen LogP contribution in [0.5, 0.6) is 0 Å². The van der Waals surface area contributed by atoms with Crippen molar-refractivity contribution < 1.29 is 4.79 Å². The van der Waals surface area contributed by atoms with Crippen LogP contribution in [0, 0.1) is 6.92 Å². The van der Waals surface area contributed by atoms with Gasteiger partial charge in [-0.2, -0.15) is 0 Å². The highest BCUT2D eigenvalue weighted by molar-refractivity contribution is 8.01. The van der Waals surface area contributed by atoms with Gasteiger partial charge in [-0.15, -0.1) is 23.1 Å². The summed E-state index contributed by atoms with van der Waals surface area (Å²) in [6.07, 6.45) is 1.84. The molecule has 1 nitrogen and oxygen atoms in total. The minimum absolute atomic E-state index is 0.223. The van der Waals surface area contributed by atoms with Crippen molar-refractivity contribution in [3.63, 3.8) is 0 Å². The topological polar surface area (TPSA) is 17.1 Å². The van der Waals surface area contributed by atoms with Crippen molar-refractivity contribution in [3.8, 4) is 0 Å².